The summed E-state index contributed by atoms with van der Waals surface area (Å²) in [6, 6.07) is 6.07. The minimum absolute atomic E-state index is 0.0867. The lowest BCUT2D eigenvalue weighted by atomic mass is 10.0. The first kappa shape index (κ1) is 16.1. The van der Waals surface area contributed by atoms with Gasteiger partial charge in [0.05, 0.1) is 6.04 Å². The predicted molar refractivity (Wildman–Crippen MR) is 84.7 cm³/mol. The van der Waals surface area contributed by atoms with Gasteiger partial charge in [-0.25, -0.2) is 4.79 Å². The molecule has 1 amide bonds. The van der Waals surface area contributed by atoms with Gasteiger partial charge in [0, 0.05) is 24.7 Å². The van der Waals surface area contributed by atoms with Gasteiger partial charge in [-0.1, -0.05) is 17.7 Å². The molecule has 1 aromatic rings. The van der Waals surface area contributed by atoms with Gasteiger partial charge in [0.15, 0.2) is 0 Å². The van der Waals surface area contributed by atoms with E-state index in [1.807, 2.05) is 39.8 Å². The Bertz CT molecular complexity index is 505. The molecule has 1 atom stereocenters. The maximum absolute atomic E-state index is 12.2. The zero-order chi connectivity index (χ0) is 15.6. The highest BCUT2D eigenvalue weighted by atomic mass is 35.5. The van der Waals surface area contributed by atoms with Crippen LogP contribution in [0.25, 0.3) is 0 Å². The fourth-order valence-corrected chi connectivity index (χ4v) is 2.73. The molecule has 116 valence electrons. The van der Waals surface area contributed by atoms with Crippen LogP contribution in [0.3, 0.4) is 0 Å². The number of carbonyl (C=O) groups excluding carboxylic acids is 1. The number of amides is 1. The number of aryl methyl sites for hydroxylation is 1. The molecule has 0 bridgehead atoms. The van der Waals surface area contributed by atoms with Gasteiger partial charge in [0.25, 0.3) is 0 Å². The summed E-state index contributed by atoms with van der Waals surface area (Å²) in [4.78, 5) is 13.9. The van der Waals surface area contributed by atoms with E-state index >= 15 is 0 Å². The minimum atomic E-state index is -0.468. The number of nitrogens with one attached hydrogen (secondary N) is 1. The predicted octanol–water partition coefficient (Wildman–Crippen LogP) is 3.53. The standard InChI is InChI=1S/C16H23ClN2O2/c1-11-7-12(9-13(17)8-11)14-10-19(6-5-18-14)15(20)21-16(2,3)4/h7-9,14,18H,5-6,10H2,1-4H3/t14-/m1/s1. The molecule has 0 saturated carbocycles. The van der Waals surface area contributed by atoms with E-state index in [9.17, 15) is 4.79 Å². The molecule has 2 rings (SSSR count). The highest BCUT2D eigenvalue weighted by Crippen LogP contribution is 2.23. The van der Waals surface area contributed by atoms with Crippen LogP contribution < -0.4 is 5.32 Å². The van der Waals surface area contributed by atoms with E-state index in [1.54, 1.807) is 4.90 Å². The summed E-state index contributed by atoms with van der Waals surface area (Å²) in [6.45, 7) is 9.65. The smallest absolute Gasteiger partial charge is 0.410 e. The molecule has 1 aliphatic rings. The summed E-state index contributed by atoms with van der Waals surface area (Å²) in [5.41, 5.74) is 1.76. The van der Waals surface area contributed by atoms with Gasteiger partial charge < -0.3 is 15.0 Å². The third kappa shape index (κ3) is 4.61. The van der Waals surface area contributed by atoms with Crippen LogP contribution in [0, 0.1) is 6.92 Å². The van der Waals surface area contributed by atoms with Crippen molar-refractivity contribution < 1.29 is 9.53 Å². The van der Waals surface area contributed by atoms with E-state index < -0.39 is 5.60 Å². The highest BCUT2D eigenvalue weighted by Gasteiger charge is 2.28. The summed E-state index contributed by atoms with van der Waals surface area (Å²) in [7, 11) is 0. The van der Waals surface area contributed by atoms with Crippen LogP contribution in [0.15, 0.2) is 18.2 Å². The van der Waals surface area contributed by atoms with Crippen molar-refractivity contribution in [3.05, 3.63) is 34.3 Å². The van der Waals surface area contributed by atoms with E-state index in [-0.39, 0.29) is 12.1 Å². The average Bonchev–Trinajstić information content (AvgIpc) is 2.36. The lowest BCUT2D eigenvalue weighted by Crippen LogP contribution is -2.49. The molecule has 1 aromatic carbocycles. The fraction of sp³-hybridized carbons (Fsp3) is 0.562. The Morgan fingerprint density at radius 1 is 1.38 bits per heavy atom. The Morgan fingerprint density at radius 3 is 2.71 bits per heavy atom. The highest BCUT2D eigenvalue weighted by molar-refractivity contribution is 6.30. The van der Waals surface area contributed by atoms with E-state index in [4.69, 9.17) is 16.3 Å². The molecule has 0 radical (unpaired) electrons. The number of halogens is 1. The summed E-state index contributed by atoms with van der Waals surface area (Å²) in [6.07, 6.45) is -0.257. The van der Waals surface area contributed by atoms with E-state index in [1.165, 1.54) is 0 Å². The Labute approximate surface area is 131 Å². The van der Waals surface area contributed by atoms with E-state index in [0.717, 1.165) is 22.7 Å². The van der Waals surface area contributed by atoms with Gasteiger partial charge in [-0.05, 0) is 51.0 Å². The van der Waals surface area contributed by atoms with Crippen molar-refractivity contribution >= 4 is 17.7 Å². The molecule has 0 unspecified atom stereocenters. The second-order valence-corrected chi connectivity index (χ2v) is 6.93. The number of carbonyl (C=O) groups is 1. The third-order valence-corrected chi connectivity index (χ3v) is 3.51. The normalized spacial score (nSPS) is 19.5. The van der Waals surface area contributed by atoms with Crippen molar-refractivity contribution in [3.63, 3.8) is 0 Å². The molecule has 0 aromatic heterocycles. The number of hydrogen-bond donors (Lipinski definition) is 1. The first-order valence-corrected chi connectivity index (χ1v) is 7.61. The van der Waals surface area contributed by atoms with Gasteiger partial charge in [0.2, 0.25) is 0 Å². The average molecular weight is 311 g/mol. The van der Waals surface area contributed by atoms with Crippen molar-refractivity contribution in [1.29, 1.82) is 0 Å². The van der Waals surface area contributed by atoms with Crippen LogP contribution in [0.4, 0.5) is 4.79 Å². The summed E-state index contributed by atoms with van der Waals surface area (Å²) >= 11 is 6.12. The second-order valence-electron chi connectivity index (χ2n) is 6.49. The van der Waals surface area contributed by atoms with Gasteiger partial charge >= 0.3 is 6.09 Å². The van der Waals surface area contributed by atoms with Gasteiger partial charge in [-0.15, -0.1) is 0 Å². The minimum Gasteiger partial charge on any atom is -0.444 e. The summed E-state index contributed by atoms with van der Waals surface area (Å²) in [5, 5.41) is 4.15. The Kier molecular flexibility index (Phi) is 4.79. The fourth-order valence-electron chi connectivity index (χ4n) is 2.43. The van der Waals surface area contributed by atoms with Crippen molar-refractivity contribution in [2.75, 3.05) is 19.6 Å². The molecule has 1 heterocycles. The van der Waals surface area contributed by atoms with E-state index in [0.29, 0.717) is 13.1 Å². The van der Waals surface area contributed by atoms with Crippen LogP contribution >= 0.6 is 11.6 Å². The molecule has 0 spiro atoms. The topological polar surface area (TPSA) is 41.6 Å². The quantitative estimate of drug-likeness (QED) is 0.863. The van der Waals surface area contributed by atoms with Crippen molar-refractivity contribution in [3.8, 4) is 0 Å². The summed E-state index contributed by atoms with van der Waals surface area (Å²) in [5.74, 6) is 0. The number of benzene rings is 1. The molecule has 1 N–H and O–H groups in total. The molecule has 21 heavy (non-hydrogen) atoms. The molecular weight excluding hydrogens is 288 g/mol. The van der Waals surface area contributed by atoms with Crippen molar-refractivity contribution in [1.82, 2.24) is 10.2 Å². The molecule has 5 heteroatoms. The molecule has 0 aliphatic carbocycles. The number of rotatable bonds is 1. The lowest BCUT2D eigenvalue weighted by Gasteiger charge is -2.35. The number of piperazine rings is 1. The van der Waals surface area contributed by atoms with Gasteiger partial charge in [0.1, 0.15) is 5.60 Å². The van der Waals surface area contributed by atoms with Crippen LogP contribution in [-0.2, 0) is 4.74 Å². The number of ether oxygens (including phenoxy) is 1. The largest absolute Gasteiger partial charge is 0.444 e. The summed E-state index contributed by atoms with van der Waals surface area (Å²) < 4.78 is 5.44. The zero-order valence-electron chi connectivity index (χ0n) is 13.1. The Balaban J connectivity index is 2.08. The third-order valence-electron chi connectivity index (χ3n) is 3.29. The van der Waals surface area contributed by atoms with Crippen molar-refractivity contribution in [2.45, 2.75) is 39.3 Å². The molecule has 1 fully saturated rings. The zero-order valence-corrected chi connectivity index (χ0v) is 13.8. The van der Waals surface area contributed by atoms with E-state index in [2.05, 4.69) is 11.4 Å². The lowest BCUT2D eigenvalue weighted by molar-refractivity contribution is 0.0195. The van der Waals surface area contributed by atoms with Crippen LogP contribution in [-0.4, -0.2) is 36.2 Å². The Hall–Kier alpha value is -1.26. The number of hydrogen-bond acceptors (Lipinski definition) is 3. The van der Waals surface area contributed by atoms with Crippen LogP contribution in [0.1, 0.15) is 37.9 Å². The van der Waals surface area contributed by atoms with Crippen LogP contribution in [0.5, 0.6) is 0 Å². The molecule has 4 nitrogen and oxygen atoms in total. The van der Waals surface area contributed by atoms with Crippen molar-refractivity contribution in [2.24, 2.45) is 0 Å². The maximum Gasteiger partial charge on any atom is 0.410 e. The molecule has 1 saturated heterocycles. The van der Waals surface area contributed by atoms with Gasteiger partial charge in [-0.2, -0.15) is 0 Å². The first-order chi connectivity index (χ1) is 9.74. The maximum atomic E-state index is 12.2. The second kappa shape index (κ2) is 6.24. The number of nitrogens with zero attached hydrogens (tertiary/aromatic N) is 1. The molecular formula is C16H23ClN2O2. The van der Waals surface area contributed by atoms with Gasteiger partial charge in [-0.3, -0.25) is 0 Å². The monoisotopic (exact) mass is 310 g/mol. The SMILES string of the molecule is Cc1cc(Cl)cc([C@H]2CN(C(=O)OC(C)(C)C)CCN2)c1. The van der Waals surface area contributed by atoms with Crippen LogP contribution in [0.2, 0.25) is 5.02 Å². The molecule has 1 aliphatic heterocycles. The first-order valence-electron chi connectivity index (χ1n) is 7.23. The Morgan fingerprint density at radius 2 is 2.10 bits per heavy atom.